The van der Waals surface area contributed by atoms with Crippen molar-refractivity contribution < 1.29 is 53.8 Å². The minimum absolute atomic E-state index is 0. The maximum atomic E-state index is 12.5. The molecule has 1 N–H and O–H groups in total. The fourth-order valence-electron chi connectivity index (χ4n) is 2.29. The topological polar surface area (TPSA) is 95.5 Å². The van der Waals surface area contributed by atoms with E-state index < -0.39 is 17.8 Å². The molecule has 0 atom stereocenters. The van der Waals surface area contributed by atoms with Crippen molar-refractivity contribution in [2.75, 3.05) is 12.4 Å². The number of amides is 1. The number of ether oxygens (including phenoxy) is 1. The molecule has 0 aliphatic heterocycles. The van der Waals surface area contributed by atoms with E-state index in [0.717, 1.165) is 0 Å². The molecule has 6 nitrogen and oxygen atoms in total. The molecule has 0 bridgehead atoms. The molecule has 0 saturated heterocycles. The van der Waals surface area contributed by atoms with E-state index in [1.165, 1.54) is 36.6 Å². The largest absolute Gasteiger partial charge is 1.00 e. The van der Waals surface area contributed by atoms with Crippen LogP contribution < -0.4 is 40.0 Å². The molecule has 0 radical (unpaired) electrons. The maximum Gasteiger partial charge on any atom is 1.00 e. The van der Waals surface area contributed by atoms with E-state index in [4.69, 9.17) is 11.6 Å². The summed E-state index contributed by atoms with van der Waals surface area (Å²) in [6.07, 6.45) is 0. The van der Waals surface area contributed by atoms with Gasteiger partial charge in [0, 0.05) is 26.0 Å². The van der Waals surface area contributed by atoms with Gasteiger partial charge in [0.2, 0.25) is 0 Å². The predicted molar refractivity (Wildman–Crippen MR) is 88.9 cm³/mol. The Kier molecular flexibility index (Phi) is 7.64. The minimum atomic E-state index is -1.41. The first-order chi connectivity index (χ1) is 11.2. The van der Waals surface area contributed by atoms with E-state index in [-0.39, 0.29) is 57.0 Å². The van der Waals surface area contributed by atoms with E-state index in [1.807, 2.05) is 0 Å². The van der Waals surface area contributed by atoms with Crippen molar-refractivity contribution in [3.05, 3.63) is 49.7 Å². The summed E-state index contributed by atoms with van der Waals surface area (Å²) in [5.74, 6) is -2.64. The molecular weight excluding hydrogens is 377 g/mol. The fraction of sp³-hybridized carbons (Fsp3) is 0.188. The number of hydrogen-bond donors (Lipinski definition) is 1. The van der Waals surface area contributed by atoms with Crippen LogP contribution in [0.4, 0.5) is 5.69 Å². The number of halogens is 1. The van der Waals surface area contributed by atoms with Gasteiger partial charge in [-0.05, 0) is 32.0 Å². The molecule has 1 aromatic carbocycles. The molecule has 0 aliphatic carbocycles. The number of anilines is 1. The summed E-state index contributed by atoms with van der Waals surface area (Å²) in [5.41, 5.74) is 0.321. The van der Waals surface area contributed by atoms with Crippen LogP contribution in [0.3, 0.4) is 0 Å². The quantitative estimate of drug-likeness (QED) is 0.558. The molecule has 0 spiro atoms. The average Bonchev–Trinajstić information content (AvgIpc) is 2.80. The van der Waals surface area contributed by atoms with Gasteiger partial charge in [0.1, 0.15) is 0 Å². The zero-order valence-electron chi connectivity index (χ0n) is 14.1. The molecular formula is C16H13ClNNaO5S. The number of benzene rings is 1. The van der Waals surface area contributed by atoms with Gasteiger partial charge in [-0.2, -0.15) is 0 Å². The normalized spacial score (nSPS) is 9.92. The van der Waals surface area contributed by atoms with Crippen molar-refractivity contribution in [3.63, 3.8) is 0 Å². The van der Waals surface area contributed by atoms with Crippen molar-refractivity contribution >= 4 is 46.5 Å². The number of nitrogens with one attached hydrogen (secondary N) is 1. The molecule has 2 aromatic rings. The SMILES string of the molecule is COC(=O)c1cc(Cl)cc(NC(=O)c2c(C)sc(C)c2C(=O)[O-])c1.[Na+]. The van der Waals surface area contributed by atoms with Crippen molar-refractivity contribution in [2.24, 2.45) is 0 Å². The van der Waals surface area contributed by atoms with Gasteiger partial charge in [-0.15, -0.1) is 11.3 Å². The summed E-state index contributed by atoms with van der Waals surface area (Å²) >= 11 is 7.13. The summed E-state index contributed by atoms with van der Waals surface area (Å²) < 4.78 is 4.61. The Hall–Kier alpha value is -1.38. The number of esters is 1. The fourth-order valence-corrected chi connectivity index (χ4v) is 3.57. The molecule has 0 aliphatic rings. The Bertz CT molecular complexity index is 849. The number of methoxy groups -OCH3 is 1. The summed E-state index contributed by atoms with van der Waals surface area (Å²) in [4.78, 5) is 36.4. The summed E-state index contributed by atoms with van der Waals surface area (Å²) in [7, 11) is 1.23. The van der Waals surface area contributed by atoms with Gasteiger partial charge in [0.05, 0.1) is 24.2 Å². The van der Waals surface area contributed by atoms with Crippen LogP contribution in [-0.4, -0.2) is 25.0 Å². The monoisotopic (exact) mass is 389 g/mol. The van der Waals surface area contributed by atoms with Gasteiger partial charge in [-0.25, -0.2) is 4.79 Å². The first kappa shape index (κ1) is 21.7. The Morgan fingerprint density at radius 1 is 1.12 bits per heavy atom. The predicted octanol–water partition coefficient (Wildman–Crippen LogP) is -0.575. The third kappa shape index (κ3) is 4.83. The summed E-state index contributed by atoms with van der Waals surface area (Å²) in [5, 5.41) is 14.1. The molecule has 1 amide bonds. The van der Waals surface area contributed by atoms with Crippen LogP contribution in [0.2, 0.25) is 5.02 Å². The Labute approximate surface area is 175 Å². The zero-order chi connectivity index (χ0) is 18.0. The second-order valence-electron chi connectivity index (χ2n) is 4.93. The third-order valence-electron chi connectivity index (χ3n) is 3.27. The Balaban J connectivity index is 0.00000312. The van der Waals surface area contributed by atoms with Crippen LogP contribution in [0.25, 0.3) is 0 Å². The molecule has 126 valence electrons. The molecule has 25 heavy (non-hydrogen) atoms. The molecule has 1 heterocycles. The average molecular weight is 390 g/mol. The zero-order valence-corrected chi connectivity index (χ0v) is 17.6. The van der Waals surface area contributed by atoms with Crippen LogP contribution in [0.5, 0.6) is 0 Å². The summed E-state index contributed by atoms with van der Waals surface area (Å²) in [6, 6.07) is 4.23. The van der Waals surface area contributed by atoms with Crippen LogP contribution in [0.1, 0.15) is 40.8 Å². The number of rotatable bonds is 4. The molecule has 1 aromatic heterocycles. The number of hydrogen-bond acceptors (Lipinski definition) is 6. The number of aryl methyl sites for hydroxylation is 2. The Morgan fingerprint density at radius 3 is 2.28 bits per heavy atom. The standard InChI is InChI=1S/C16H14ClNO5S.Na/c1-7-12(13(15(20)21)8(2)24-7)14(19)18-11-5-9(16(22)23-3)4-10(17)6-11;/h4-6H,1-3H3,(H,18,19)(H,20,21);/q;+1/p-1. The van der Waals surface area contributed by atoms with E-state index in [0.29, 0.717) is 9.75 Å². The van der Waals surface area contributed by atoms with Gasteiger partial charge < -0.3 is 20.0 Å². The smallest absolute Gasteiger partial charge is 0.545 e. The second-order valence-corrected chi connectivity index (χ2v) is 6.79. The van der Waals surface area contributed by atoms with Gasteiger partial charge in [-0.3, -0.25) is 4.79 Å². The van der Waals surface area contributed by atoms with Crippen LogP contribution >= 0.6 is 22.9 Å². The molecule has 0 saturated carbocycles. The van der Waals surface area contributed by atoms with Crippen LogP contribution in [0.15, 0.2) is 18.2 Å². The minimum Gasteiger partial charge on any atom is -0.545 e. The van der Waals surface area contributed by atoms with Gasteiger partial charge in [0.15, 0.2) is 0 Å². The third-order valence-corrected chi connectivity index (χ3v) is 4.51. The van der Waals surface area contributed by atoms with E-state index in [1.54, 1.807) is 13.8 Å². The first-order valence-corrected chi connectivity index (χ1v) is 7.95. The number of carbonyl (C=O) groups is 3. The van der Waals surface area contributed by atoms with Gasteiger partial charge >= 0.3 is 35.5 Å². The number of carbonyl (C=O) groups excluding carboxylic acids is 3. The van der Waals surface area contributed by atoms with Crippen LogP contribution in [0, 0.1) is 13.8 Å². The van der Waals surface area contributed by atoms with Gasteiger partial charge in [0.25, 0.3) is 5.91 Å². The van der Waals surface area contributed by atoms with E-state index in [9.17, 15) is 19.5 Å². The second kappa shape index (κ2) is 8.82. The van der Waals surface area contributed by atoms with E-state index >= 15 is 0 Å². The first-order valence-electron chi connectivity index (χ1n) is 6.76. The molecule has 9 heteroatoms. The van der Waals surface area contributed by atoms with Crippen molar-refractivity contribution in [1.29, 1.82) is 0 Å². The number of carboxylic acids is 1. The Morgan fingerprint density at radius 2 is 1.72 bits per heavy atom. The van der Waals surface area contributed by atoms with Crippen molar-refractivity contribution in [3.8, 4) is 0 Å². The van der Waals surface area contributed by atoms with Gasteiger partial charge in [-0.1, -0.05) is 11.6 Å². The van der Waals surface area contributed by atoms with Crippen molar-refractivity contribution in [1.82, 2.24) is 0 Å². The number of aromatic carboxylic acids is 1. The number of thiophene rings is 1. The van der Waals surface area contributed by atoms with Crippen molar-refractivity contribution in [2.45, 2.75) is 13.8 Å². The molecule has 0 unspecified atom stereocenters. The summed E-state index contributed by atoms with van der Waals surface area (Å²) in [6.45, 7) is 3.26. The maximum absolute atomic E-state index is 12.5. The van der Waals surface area contributed by atoms with E-state index in [2.05, 4.69) is 10.1 Å². The van der Waals surface area contributed by atoms with Crippen LogP contribution in [-0.2, 0) is 4.74 Å². The number of carboxylic acid groups (broad SMARTS) is 1. The molecule has 0 fully saturated rings. The molecule has 2 rings (SSSR count).